The number of hydrogen-bond donors (Lipinski definition) is 2. The quantitative estimate of drug-likeness (QED) is 0.140. The lowest BCUT2D eigenvalue weighted by Gasteiger charge is -2.29. The average molecular weight is 683 g/mol. The summed E-state index contributed by atoms with van der Waals surface area (Å²) in [7, 11) is 2.09. The molecule has 0 bridgehead atoms. The summed E-state index contributed by atoms with van der Waals surface area (Å²) in [6.07, 6.45) is 4.46. The molecule has 50 heavy (non-hydrogen) atoms. The van der Waals surface area contributed by atoms with Crippen molar-refractivity contribution < 1.29 is 23.5 Å². The number of halogens is 1. The molecule has 0 radical (unpaired) electrons. The van der Waals surface area contributed by atoms with Crippen molar-refractivity contribution in [1.82, 2.24) is 19.8 Å². The highest BCUT2D eigenvalue weighted by molar-refractivity contribution is 6.06. The number of aryl methyl sites for hydroxylation is 3. The van der Waals surface area contributed by atoms with Crippen LogP contribution in [0, 0.1) is 25.6 Å². The van der Waals surface area contributed by atoms with E-state index in [1.165, 1.54) is 12.3 Å². The fourth-order valence-corrected chi connectivity index (χ4v) is 6.16. The van der Waals surface area contributed by atoms with Crippen LogP contribution in [0.25, 0.3) is 0 Å². The van der Waals surface area contributed by atoms with Crippen LogP contribution >= 0.6 is 0 Å². The number of rotatable bonds is 14. The van der Waals surface area contributed by atoms with Crippen LogP contribution in [0.4, 0.5) is 21.7 Å². The molecule has 2 amide bonds. The summed E-state index contributed by atoms with van der Waals surface area (Å²) < 4.78 is 27.2. The molecule has 1 atom stereocenters. The predicted octanol–water partition coefficient (Wildman–Crippen LogP) is 7.54. The third kappa shape index (κ3) is 9.56. The summed E-state index contributed by atoms with van der Waals surface area (Å²) in [5.41, 5.74) is 3.94. The van der Waals surface area contributed by atoms with Gasteiger partial charge in [0, 0.05) is 55.6 Å². The second kappa shape index (κ2) is 17.1. The van der Waals surface area contributed by atoms with E-state index in [0.717, 1.165) is 42.6 Å². The zero-order chi connectivity index (χ0) is 35.6. The van der Waals surface area contributed by atoms with E-state index in [9.17, 15) is 9.59 Å². The highest BCUT2D eigenvalue weighted by atomic mass is 19.1. The van der Waals surface area contributed by atoms with Gasteiger partial charge in [0.1, 0.15) is 11.3 Å². The maximum absolute atomic E-state index is 15.1. The van der Waals surface area contributed by atoms with Crippen molar-refractivity contribution in [2.45, 2.75) is 53.4 Å². The predicted molar refractivity (Wildman–Crippen MR) is 194 cm³/mol. The van der Waals surface area contributed by atoms with E-state index in [0.29, 0.717) is 55.6 Å². The van der Waals surface area contributed by atoms with Gasteiger partial charge in [0.25, 0.3) is 5.91 Å². The summed E-state index contributed by atoms with van der Waals surface area (Å²) in [6.45, 7) is 11.6. The monoisotopic (exact) mass is 682 g/mol. The molecule has 1 unspecified atom stereocenters. The Labute approximate surface area is 294 Å². The number of likely N-dealkylation sites (tertiary alicyclic amines) is 1. The Bertz CT molecular complexity index is 1780. The molecule has 0 saturated carbocycles. The van der Waals surface area contributed by atoms with Crippen LogP contribution in [-0.2, 0) is 11.2 Å². The van der Waals surface area contributed by atoms with Crippen LogP contribution in [-0.4, -0.2) is 71.4 Å². The first-order valence-electron chi connectivity index (χ1n) is 17.3. The van der Waals surface area contributed by atoms with Crippen molar-refractivity contribution in [3.63, 3.8) is 0 Å². The first-order valence-corrected chi connectivity index (χ1v) is 17.3. The van der Waals surface area contributed by atoms with Crippen LogP contribution in [0.3, 0.4) is 0 Å². The van der Waals surface area contributed by atoms with Gasteiger partial charge in [-0.2, -0.15) is 4.98 Å². The number of carbonyl (C=O) groups is 2. The number of nitrogens with zero attached hydrogens (tertiary/aromatic N) is 4. The zero-order valence-electron chi connectivity index (χ0n) is 29.6. The van der Waals surface area contributed by atoms with E-state index >= 15 is 4.39 Å². The minimum absolute atomic E-state index is 0.0143. The highest BCUT2D eigenvalue weighted by Crippen LogP contribution is 2.30. The minimum Gasteiger partial charge on any atom is -0.490 e. The number of hydrogen-bond acceptors (Lipinski definition) is 8. The molecule has 1 saturated heterocycles. The number of aromatic nitrogens is 2. The molecule has 2 heterocycles. The standard InChI is InChI=1S/C39H47FN6O4/c1-6-46(7-2)35(47)19-16-28-13-9-15-31(21-28)50-38-32(37(48)43-36-26(3)11-8-12-27(36)4)23-41-39(44-38)42-30-17-18-34(33(40)22-30)49-25-29-14-10-20-45(5)24-29/h8-9,11-13,15,17-18,21-23,29H,6-7,10,14,16,19-20,24-25H2,1-5H3,(H,43,48)(H,41,42,44). The second-order valence-corrected chi connectivity index (χ2v) is 12.8. The summed E-state index contributed by atoms with van der Waals surface area (Å²) >= 11 is 0. The Morgan fingerprint density at radius 3 is 2.52 bits per heavy atom. The van der Waals surface area contributed by atoms with Crippen LogP contribution < -0.4 is 20.1 Å². The lowest BCUT2D eigenvalue weighted by molar-refractivity contribution is -0.130. The minimum atomic E-state index is -0.503. The van der Waals surface area contributed by atoms with Gasteiger partial charge in [-0.15, -0.1) is 0 Å². The van der Waals surface area contributed by atoms with Crippen LogP contribution in [0.15, 0.2) is 66.9 Å². The lowest BCUT2D eigenvalue weighted by Crippen LogP contribution is -2.34. The van der Waals surface area contributed by atoms with Crippen LogP contribution in [0.1, 0.15) is 60.2 Å². The number of nitrogens with one attached hydrogen (secondary N) is 2. The van der Waals surface area contributed by atoms with E-state index in [1.54, 1.807) is 23.1 Å². The number of amides is 2. The van der Waals surface area contributed by atoms with Gasteiger partial charge in [-0.05, 0) is 102 Å². The Morgan fingerprint density at radius 2 is 1.80 bits per heavy atom. The Kier molecular flexibility index (Phi) is 12.4. The molecule has 5 rings (SSSR count). The van der Waals surface area contributed by atoms with Crippen molar-refractivity contribution in [2.75, 3.05) is 50.5 Å². The van der Waals surface area contributed by atoms with E-state index in [-0.39, 0.29) is 29.0 Å². The van der Waals surface area contributed by atoms with Gasteiger partial charge in [0.2, 0.25) is 17.7 Å². The molecule has 1 aromatic heterocycles. The first kappa shape index (κ1) is 36.3. The van der Waals surface area contributed by atoms with Crippen LogP contribution in [0.2, 0.25) is 0 Å². The van der Waals surface area contributed by atoms with E-state index in [4.69, 9.17) is 9.47 Å². The third-order valence-electron chi connectivity index (χ3n) is 8.96. The lowest BCUT2D eigenvalue weighted by atomic mass is 10.00. The smallest absolute Gasteiger partial charge is 0.262 e. The molecular formula is C39H47FN6O4. The molecule has 1 aliphatic heterocycles. The topological polar surface area (TPSA) is 109 Å². The summed E-state index contributed by atoms with van der Waals surface area (Å²) in [5.74, 6) is 0.262. The molecule has 0 spiro atoms. The summed E-state index contributed by atoms with van der Waals surface area (Å²) in [6, 6.07) is 17.7. The fourth-order valence-electron chi connectivity index (χ4n) is 6.16. The van der Waals surface area contributed by atoms with Gasteiger partial charge in [-0.1, -0.05) is 30.3 Å². The van der Waals surface area contributed by atoms with Gasteiger partial charge >= 0.3 is 0 Å². The van der Waals surface area contributed by atoms with Crippen molar-refractivity contribution in [1.29, 1.82) is 0 Å². The van der Waals surface area contributed by atoms with Crippen molar-refractivity contribution in [2.24, 2.45) is 5.92 Å². The number of benzene rings is 3. The molecule has 4 aromatic rings. The van der Waals surface area contributed by atoms with Gasteiger partial charge < -0.3 is 29.9 Å². The van der Waals surface area contributed by atoms with Crippen molar-refractivity contribution >= 4 is 29.1 Å². The molecule has 3 aromatic carbocycles. The average Bonchev–Trinajstić information content (AvgIpc) is 3.09. The van der Waals surface area contributed by atoms with Gasteiger partial charge in [0.05, 0.1) is 6.61 Å². The van der Waals surface area contributed by atoms with Gasteiger partial charge in [-0.25, -0.2) is 9.37 Å². The first-order chi connectivity index (χ1) is 24.1. The summed E-state index contributed by atoms with van der Waals surface area (Å²) in [5, 5.41) is 6.01. The van der Waals surface area contributed by atoms with Crippen LogP contribution in [0.5, 0.6) is 17.4 Å². The number of anilines is 3. The van der Waals surface area contributed by atoms with Crippen molar-refractivity contribution in [3.05, 3.63) is 94.9 Å². The second-order valence-electron chi connectivity index (χ2n) is 12.8. The summed E-state index contributed by atoms with van der Waals surface area (Å²) in [4.78, 5) is 39.2. The molecule has 264 valence electrons. The number of para-hydroxylation sites is 1. The molecule has 1 aliphatic rings. The largest absolute Gasteiger partial charge is 0.490 e. The van der Waals surface area contributed by atoms with E-state index < -0.39 is 11.7 Å². The maximum atomic E-state index is 15.1. The number of piperidine rings is 1. The highest BCUT2D eigenvalue weighted by Gasteiger charge is 2.21. The zero-order valence-corrected chi connectivity index (χ0v) is 29.6. The molecule has 0 aliphatic carbocycles. The number of ether oxygens (including phenoxy) is 2. The fraction of sp³-hybridized carbons (Fsp3) is 0.385. The van der Waals surface area contributed by atoms with Crippen molar-refractivity contribution in [3.8, 4) is 17.4 Å². The normalized spacial score (nSPS) is 14.6. The van der Waals surface area contributed by atoms with Gasteiger partial charge in [-0.3, -0.25) is 9.59 Å². The molecule has 2 N–H and O–H groups in total. The molecule has 10 nitrogen and oxygen atoms in total. The SMILES string of the molecule is CCN(CC)C(=O)CCc1cccc(Oc2nc(Nc3ccc(OCC4CCCN(C)C4)c(F)c3)ncc2C(=O)Nc2c(C)cccc2C)c1. The Balaban J connectivity index is 1.36. The molecular weight excluding hydrogens is 635 g/mol. The number of carbonyl (C=O) groups excluding carboxylic acids is 2. The third-order valence-corrected chi connectivity index (χ3v) is 8.96. The maximum Gasteiger partial charge on any atom is 0.262 e. The molecule has 11 heteroatoms. The molecule has 1 fully saturated rings. The van der Waals surface area contributed by atoms with E-state index in [1.807, 2.05) is 64.1 Å². The van der Waals surface area contributed by atoms with E-state index in [2.05, 4.69) is 32.5 Å². The Hall–Kier alpha value is -5.03. The Morgan fingerprint density at radius 1 is 1.04 bits per heavy atom. The van der Waals surface area contributed by atoms with Gasteiger partial charge in [0.15, 0.2) is 11.6 Å².